The molecule has 0 aromatic heterocycles. The number of benzene rings is 1. The third-order valence-corrected chi connectivity index (χ3v) is 3.59. The Balaban J connectivity index is 0.00000288. The first-order valence-electron chi connectivity index (χ1n) is 7.47. The molecule has 1 amide bonds. The van der Waals surface area contributed by atoms with Crippen molar-refractivity contribution in [1.82, 2.24) is 10.6 Å². The van der Waals surface area contributed by atoms with E-state index in [0.29, 0.717) is 37.5 Å². The summed E-state index contributed by atoms with van der Waals surface area (Å²) >= 11 is 0. The van der Waals surface area contributed by atoms with E-state index in [9.17, 15) is 9.59 Å². The van der Waals surface area contributed by atoms with Crippen LogP contribution in [0, 0.1) is 0 Å². The van der Waals surface area contributed by atoms with Gasteiger partial charge in [0, 0.05) is 25.6 Å². The van der Waals surface area contributed by atoms with Gasteiger partial charge >= 0.3 is 5.97 Å². The lowest BCUT2D eigenvalue weighted by molar-refractivity contribution is -0.122. The van der Waals surface area contributed by atoms with Crippen LogP contribution in [0.1, 0.15) is 22.3 Å². The number of esters is 1. The molecule has 1 unspecified atom stereocenters. The number of carbonyl (C=O) groups is 2. The largest absolute Gasteiger partial charge is 0.496 e. The number of hydrogen-bond acceptors (Lipinski definition) is 6. The van der Waals surface area contributed by atoms with Gasteiger partial charge in [0.25, 0.3) is 0 Å². The molecule has 0 bridgehead atoms. The van der Waals surface area contributed by atoms with Crippen molar-refractivity contribution in [2.24, 2.45) is 0 Å². The Morgan fingerprint density at radius 1 is 1.38 bits per heavy atom. The Morgan fingerprint density at radius 3 is 2.79 bits per heavy atom. The number of halogens is 1. The zero-order valence-corrected chi connectivity index (χ0v) is 14.6. The van der Waals surface area contributed by atoms with Crippen LogP contribution in [0.25, 0.3) is 0 Å². The summed E-state index contributed by atoms with van der Waals surface area (Å²) in [7, 11) is 2.80. The molecule has 1 aliphatic heterocycles. The summed E-state index contributed by atoms with van der Waals surface area (Å²) in [6.07, 6.45) is 0.361. The van der Waals surface area contributed by atoms with E-state index in [4.69, 9.17) is 14.2 Å². The van der Waals surface area contributed by atoms with E-state index in [0.717, 1.165) is 12.1 Å². The van der Waals surface area contributed by atoms with Crippen molar-refractivity contribution in [2.45, 2.75) is 19.0 Å². The standard InChI is InChI=1S/C16H22N2O5.ClH/c1-21-14-4-3-11(7-13(14)16(20)22-2)9-18-15(19)8-12-10-23-6-5-17-12;/h3-4,7,12,17H,5-6,8-10H2,1-2H3,(H,18,19);1H. The molecule has 1 fully saturated rings. The summed E-state index contributed by atoms with van der Waals surface area (Å²) in [5.74, 6) is -0.0995. The van der Waals surface area contributed by atoms with E-state index >= 15 is 0 Å². The van der Waals surface area contributed by atoms with Crippen molar-refractivity contribution < 1.29 is 23.8 Å². The molecule has 1 aromatic rings. The molecule has 0 spiro atoms. The smallest absolute Gasteiger partial charge is 0.341 e. The number of carbonyl (C=O) groups excluding carboxylic acids is 2. The Hall–Kier alpha value is -1.83. The number of amides is 1. The van der Waals surface area contributed by atoms with Crippen LogP contribution in [0.5, 0.6) is 5.75 Å². The van der Waals surface area contributed by atoms with E-state index in [-0.39, 0.29) is 24.4 Å². The van der Waals surface area contributed by atoms with E-state index in [1.54, 1.807) is 18.2 Å². The summed E-state index contributed by atoms with van der Waals surface area (Å²) < 4.78 is 15.2. The van der Waals surface area contributed by atoms with Crippen LogP contribution in [-0.2, 0) is 20.8 Å². The summed E-state index contributed by atoms with van der Waals surface area (Å²) in [6.45, 7) is 2.32. The van der Waals surface area contributed by atoms with Gasteiger partial charge < -0.3 is 24.8 Å². The maximum Gasteiger partial charge on any atom is 0.341 e. The Kier molecular flexibility index (Phi) is 8.53. The zero-order chi connectivity index (χ0) is 16.7. The molecule has 2 rings (SSSR count). The highest BCUT2D eigenvalue weighted by molar-refractivity contribution is 5.92. The highest BCUT2D eigenvalue weighted by Crippen LogP contribution is 2.20. The predicted octanol–water partition coefficient (Wildman–Crippen LogP) is 0.898. The molecule has 1 aliphatic rings. The topological polar surface area (TPSA) is 85.9 Å². The van der Waals surface area contributed by atoms with Gasteiger partial charge in [-0.25, -0.2) is 4.79 Å². The van der Waals surface area contributed by atoms with Gasteiger partial charge in [-0.2, -0.15) is 0 Å². The fourth-order valence-corrected chi connectivity index (χ4v) is 2.38. The van der Waals surface area contributed by atoms with Gasteiger partial charge in [0.15, 0.2) is 0 Å². The lowest BCUT2D eigenvalue weighted by Gasteiger charge is -2.23. The molecule has 1 heterocycles. The first-order chi connectivity index (χ1) is 11.1. The second-order valence-electron chi connectivity index (χ2n) is 5.23. The number of hydrogen-bond donors (Lipinski definition) is 2. The molecular weight excluding hydrogens is 336 g/mol. The summed E-state index contributed by atoms with van der Waals surface area (Å²) in [5, 5.41) is 6.07. The van der Waals surface area contributed by atoms with Crippen LogP contribution in [0.3, 0.4) is 0 Å². The van der Waals surface area contributed by atoms with E-state index < -0.39 is 5.97 Å². The lowest BCUT2D eigenvalue weighted by Crippen LogP contribution is -2.44. The monoisotopic (exact) mass is 358 g/mol. The maximum atomic E-state index is 12.0. The number of ether oxygens (including phenoxy) is 3. The molecule has 1 saturated heterocycles. The fourth-order valence-electron chi connectivity index (χ4n) is 2.38. The Morgan fingerprint density at radius 2 is 2.17 bits per heavy atom. The van der Waals surface area contributed by atoms with Gasteiger partial charge in [-0.05, 0) is 17.7 Å². The van der Waals surface area contributed by atoms with Gasteiger partial charge in [0.1, 0.15) is 11.3 Å². The minimum absolute atomic E-state index is 0. The van der Waals surface area contributed by atoms with Crippen LogP contribution < -0.4 is 15.4 Å². The van der Waals surface area contributed by atoms with Crippen molar-refractivity contribution in [3.05, 3.63) is 29.3 Å². The average molecular weight is 359 g/mol. The molecule has 1 atom stereocenters. The summed E-state index contributed by atoms with van der Waals surface area (Å²) in [5.41, 5.74) is 1.14. The van der Waals surface area contributed by atoms with Crippen LogP contribution in [0.2, 0.25) is 0 Å². The molecule has 1 aromatic carbocycles. The third kappa shape index (κ3) is 5.67. The van der Waals surface area contributed by atoms with E-state index in [2.05, 4.69) is 10.6 Å². The van der Waals surface area contributed by atoms with Gasteiger partial charge in [0.2, 0.25) is 5.91 Å². The van der Waals surface area contributed by atoms with Crippen LogP contribution in [0.15, 0.2) is 18.2 Å². The lowest BCUT2D eigenvalue weighted by atomic mass is 10.1. The van der Waals surface area contributed by atoms with Crippen molar-refractivity contribution in [2.75, 3.05) is 34.0 Å². The molecule has 2 N–H and O–H groups in total. The highest BCUT2D eigenvalue weighted by Gasteiger charge is 2.17. The minimum Gasteiger partial charge on any atom is -0.496 e. The molecule has 0 radical (unpaired) electrons. The SMILES string of the molecule is COC(=O)c1cc(CNC(=O)CC2COCCN2)ccc1OC.Cl. The number of methoxy groups -OCH3 is 2. The van der Waals surface area contributed by atoms with Gasteiger partial charge in [-0.3, -0.25) is 4.79 Å². The molecule has 24 heavy (non-hydrogen) atoms. The van der Waals surface area contributed by atoms with Crippen LogP contribution >= 0.6 is 12.4 Å². The molecule has 134 valence electrons. The maximum absolute atomic E-state index is 12.0. The van der Waals surface area contributed by atoms with Crippen molar-refractivity contribution >= 4 is 24.3 Å². The molecule has 8 heteroatoms. The molecular formula is C16H23ClN2O5. The zero-order valence-electron chi connectivity index (χ0n) is 13.8. The third-order valence-electron chi connectivity index (χ3n) is 3.59. The van der Waals surface area contributed by atoms with E-state index in [1.165, 1.54) is 14.2 Å². The average Bonchev–Trinajstić information content (AvgIpc) is 2.60. The van der Waals surface area contributed by atoms with Crippen LogP contribution in [-0.4, -0.2) is 51.9 Å². The first kappa shape index (κ1) is 20.2. The van der Waals surface area contributed by atoms with E-state index in [1.807, 2.05) is 0 Å². The predicted molar refractivity (Wildman–Crippen MR) is 90.7 cm³/mol. The Bertz CT molecular complexity index is 561. The first-order valence-corrected chi connectivity index (χ1v) is 7.47. The summed E-state index contributed by atoms with van der Waals surface area (Å²) in [6, 6.07) is 5.19. The van der Waals surface area contributed by atoms with Crippen molar-refractivity contribution in [1.29, 1.82) is 0 Å². The molecule has 0 saturated carbocycles. The Labute approximate surface area is 147 Å². The number of nitrogens with one attached hydrogen (secondary N) is 2. The molecule has 0 aliphatic carbocycles. The normalized spacial score (nSPS) is 16.7. The number of rotatable bonds is 6. The van der Waals surface area contributed by atoms with Crippen LogP contribution in [0.4, 0.5) is 0 Å². The number of morpholine rings is 1. The quantitative estimate of drug-likeness (QED) is 0.735. The van der Waals surface area contributed by atoms with Crippen molar-refractivity contribution in [3.8, 4) is 5.75 Å². The summed E-state index contributed by atoms with van der Waals surface area (Å²) in [4.78, 5) is 23.7. The van der Waals surface area contributed by atoms with Crippen molar-refractivity contribution in [3.63, 3.8) is 0 Å². The van der Waals surface area contributed by atoms with Gasteiger partial charge in [-0.15, -0.1) is 12.4 Å². The second kappa shape index (κ2) is 10.1. The second-order valence-corrected chi connectivity index (χ2v) is 5.23. The highest BCUT2D eigenvalue weighted by atomic mass is 35.5. The van der Waals surface area contributed by atoms with Gasteiger partial charge in [0.05, 0.1) is 27.4 Å². The molecule has 7 nitrogen and oxygen atoms in total. The van der Waals surface area contributed by atoms with Gasteiger partial charge in [-0.1, -0.05) is 6.07 Å². The fraction of sp³-hybridized carbons (Fsp3) is 0.500. The minimum atomic E-state index is -0.474.